The second-order valence-electron chi connectivity index (χ2n) is 5.63. The van der Waals surface area contributed by atoms with Gasteiger partial charge in [-0.3, -0.25) is 4.79 Å². The standard InChI is InChI=1S/C15H20N2O6/c1-15(2,3)23-13(20)16-17(9-12(18)19)14(21)22-10-11-7-5-4-6-8-11/h4-8H,9-10H2,1-3H3,(H,16,20)(H,18,19). The summed E-state index contributed by atoms with van der Waals surface area (Å²) in [5, 5.41) is 9.36. The van der Waals surface area contributed by atoms with Gasteiger partial charge in [0, 0.05) is 0 Å². The van der Waals surface area contributed by atoms with E-state index in [1.807, 2.05) is 6.07 Å². The molecule has 0 saturated heterocycles. The molecule has 0 aliphatic heterocycles. The van der Waals surface area contributed by atoms with E-state index in [1.165, 1.54) is 0 Å². The van der Waals surface area contributed by atoms with Crippen LogP contribution in [0.5, 0.6) is 0 Å². The number of hydrogen-bond acceptors (Lipinski definition) is 5. The monoisotopic (exact) mass is 324 g/mol. The van der Waals surface area contributed by atoms with Gasteiger partial charge in [0.05, 0.1) is 0 Å². The minimum atomic E-state index is -1.31. The fraction of sp³-hybridized carbons (Fsp3) is 0.400. The lowest BCUT2D eigenvalue weighted by molar-refractivity contribution is -0.138. The number of benzene rings is 1. The van der Waals surface area contributed by atoms with Gasteiger partial charge in [0.25, 0.3) is 0 Å². The van der Waals surface area contributed by atoms with E-state index in [-0.39, 0.29) is 6.61 Å². The number of carboxylic acid groups (broad SMARTS) is 1. The van der Waals surface area contributed by atoms with Crippen LogP contribution in [0.3, 0.4) is 0 Å². The van der Waals surface area contributed by atoms with Gasteiger partial charge in [-0.2, -0.15) is 0 Å². The number of carbonyl (C=O) groups excluding carboxylic acids is 2. The largest absolute Gasteiger partial charge is 0.480 e. The van der Waals surface area contributed by atoms with Gasteiger partial charge >= 0.3 is 18.2 Å². The van der Waals surface area contributed by atoms with E-state index in [4.69, 9.17) is 14.6 Å². The summed E-state index contributed by atoms with van der Waals surface area (Å²) in [4.78, 5) is 34.4. The number of carbonyl (C=O) groups is 3. The summed E-state index contributed by atoms with van der Waals surface area (Å²) >= 11 is 0. The highest BCUT2D eigenvalue weighted by molar-refractivity contribution is 5.79. The molecule has 0 aromatic heterocycles. The average molecular weight is 324 g/mol. The molecule has 1 aromatic rings. The molecule has 126 valence electrons. The number of carboxylic acids is 1. The predicted octanol–water partition coefficient (Wildman–Crippen LogP) is 2.15. The molecule has 2 N–H and O–H groups in total. The van der Waals surface area contributed by atoms with Gasteiger partial charge in [-0.1, -0.05) is 30.3 Å². The van der Waals surface area contributed by atoms with Crippen LogP contribution in [-0.2, 0) is 20.9 Å². The van der Waals surface area contributed by atoms with Gasteiger partial charge in [0.2, 0.25) is 0 Å². The molecule has 0 atom stereocenters. The van der Waals surface area contributed by atoms with E-state index in [2.05, 4.69) is 5.43 Å². The SMILES string of the molecule is CC(C)(C)OC(=O)NN(CC(=O)O)C(=O)OCc1ccccc1. The lowest BCUT2D eigenvalue weighted by atomic mass is 10.2. The molecule has 0 unspecified atom stereocenters. The first-order chi connectivity index (χ1) is 10.7. The lowest BCUT2D eigenvalue weighted by Gasteiger charge is -2.24. The molecule has 0 fully saturated rings. The van der Waals surface area contributed by atoms with Crippen molar-refractivity contribution in [2.45, 2.75) is 33.0 Å². The van der Waals surface area contributed by atoms with Crippen LogP contribution < -0.4 is 5.43 Å². The van der Waals surface area contributed by atoms with Crippen LogP contribution in [0.15, 0.2) is 30.3 Å². The number of rotatable bonds is 4. The normalized spacial score (nSPS) is 10.6. The quantitative estimate of drug-likeness (QED) is 0.822. The van der Waals surface area contributed by atoms with E-state index in [0.717, 1.165) is 5.56 Å². The smallest absolute Gasteiger partial charge is 0.429 e. The minimum absolute atomic E-state index is 0.0498. The third kappa shape index (κ3) is 7.70. The molecular weight excluding hydrogens is 304 g/mol. The number of ether oxygens (including phenoxy) is 2. The van der Waals surface area contributed by atoms with Crippen molar-refractivity contribution >= 4 is 18.2 Å². The molecule has 1 aromatic carbocycles. The third-order valence-electron chi connectivity index (χ3n) is 2.34. The zero-order chi connectivity index (χ0) is 17.5. The Morgan fingerprint density at radius 1 is 1.17 bits per heavy atom. The Kier molecular flexibility index (Phi) is 6.37. The fourth-order valence-electron chi connectivity index (χ4n) is 1.49. The number of amides is 2. The molecule has 0 heterocycles. The van der Waals surface area contributed by atoms with Crippen LogP contribution in [0.4, 0.5) is 9.59 Å². The molecule has 8 heteroatoms. The minimum Gasteiger partial charge on any atom is -0.480 e. The summed E-state index contributed by atoms with van der Waals surface area (Å²) in [6.07, 6.45) is -1.95. The maximum absolute atomic E-state index is 11.9. The van der Waals surface area contributed by atoms with Crippen LogP contribution in [-0.4, -0.2) is 40.4 Å². The number of nitrogens with one attached hydrogen (secondary N) is 1. The number of hydrogen-bond donors (Lipinski definition) is 2. The maximum atomic E-state index is 11.9. The van der Waals surface area contributed by atoms with Crippen LogP contribution in [0.25, 0.3) is 0 Å². The van der Waals surface area contributed by atoms with E-state index in [0.29, 0.717) is 5.01 Å². The second kappa shape index (κ2) is 8.02. The van der Waals surface area contributed by atoms with Crippen molar-refractivity contribution in [3.63, 3.8) is 0 Å². The maximum Gasteiger partial charge on any atom is 0.429 e. The van der Waals surface area contributed by atoms with Crippen molar-refractivity contribution in [1.29, 1.82) is 0 Å². The van der Waals surface area contributed by atoms with Crippen LogP contribution in [0, 0.1) is 0 Å². The number of hydrazine groups is 1. The van der Waals surface area contributed by atoms with Gasteiger partial charge in [0.15, 0.2) is 0 Å². The molecule has 1 rings (SSSR count). The summed E-state index contributed by atoms with van der Waals surface area (Å²) in [5.74, 6) is -1.31. The first-order valence-electron chi connectivity index (χ1n) is 6.87. The summed E-state index contributed by atoms with van der Waals surface area (Å²) in [6.45, 7) is 4.12. The molecule has 23 heavy (non-hydrogen) atoms. The Labute approximate surface area is 134 Å². The summed E-state index contributed by atoms with van der Waals surface area (Å²) in [6, 6.07) is 8.85. The zero-order valence-electron chi connectivity index (χ0n) is 13.2. The molecular formula is C15H20N2O6. The van der Waals surface area contributed by atoms with Crippen molar-refractivity contribution in [3.8, 4) is 0 Å². The van der Waals surface area contributed by atoms with Gasteiger partial charge < -0.3 is 14.6 Å². The first kappa shape index (κ1) is 18.3. The van der Waals surface area contributed by atoms with E-state index in [1.54, 1.807) is 45.0 Å². The topological polar surface area (TPSA) is 105 Å². The molecule has 8 nitrogen and oxygen atoms in total. The van der Waals surface area contributed by atoms with Crippen LogP contribution >= 0.6 is 0 Å². The summed E-state index contributed by atoms with van der Waals surface area (Å²) in [7, 11) is 0. The Morgan fingerprint density at radius 3 is 2.30 bits per heavy atom. The molecule has 0 radical (unpaired) electrons. The molecule has 0 bridgehead atoms. The molecule has 0 spiro atoms. The van der Waals surface area contributed by atoms with Gasteiger partial charge in [-0.25, -0.2) is 20.0 Å². The van der Waals surface area contributed by atoms with E-state index in [9.17, 15) is 14.4 Å². The Balaban J connectivity index is 2.63. The third-order valence-corrected chi connectivity index (χ3v) is 2.34. The highest BCUT2D eigenvalue weighted by atomic mass is 16.6. The lowest BCUT2D eigenvalue weighted by Crippen LogP contribution is -2.50. The van der Waals surface area contributed by atoms with E-state index >= 15 is 0 Å². The molecule has 0 aliphatic carbocycles. The van der Waals surface area contributed by atoms with Crippen molar-refractivity contribution in [1.82, 2.24) is 10.4 Å². The van der Waals surface area contributed by atoms with Gasteiger partial charge in [-0.15, -0.1) is 0 Å². The van der Waals surface area contributed by atoms with Crippen molar-refractivity contribution in [2.24, 2.45) is 0 Å². The zero-order valence-corrected chi connectivity index (χ0v) is 13.2. The summed E-state index contributed by atoms with van der Waals surface area (Å²) in [5.41, 5.74) is 2.00. The van der Waals surface area contributed by atoms with Crippen LogP contribution in [0.1, 0.15) is 26.3 Å². The second-order valence-corrected chi connectivity index (χ2v) is 5.63. The van der Waals surface area contributed by atoms with Crippen LogP contribution in [0.2, 0.25) is 0 Å². The fourth-order valence-corrected chi connectivity index (χ4v) is 1.49. The van der Waals surface area contributed by atoms with Gasteiger partial charge in [-0.05, 0) is 26.3 Å². The van der Waals surface area contributed by atoms with Crippen molar-refractivity contribution in [3.05, 3.63) is 35.9 Å². The van der Waals surface area contributed by atoms with Crippen molar-refractivity contribution in [2.75, 3.05) is 6.54 Å². The highest BCUT2D eigenvalue weighted by Gasteiger charge is 2.24. The Morgan fingerprint density at radius 2 is 1.78 bits per heavy atom. The Bertz CT molecular complexity index is 553. The predicted molar refractivity (Wildman–Crippen MR) is 80.3 cm³/mol. The number of nitrogens with zero attached hydrogens (tertiary/aromatic N) is 1. The first-order valence-corrected chi connectivity index (χ1v) is 6.87. The molecule has 0 saturated carbocycles. The highest BCUT2D eigenvalue weighted by Crippen LogP contribution is 2.07. The molecule has 2 amide bonds. The number of aliphatic carboxylic acids is 1. The van der Waals surface area contributed by atoms with Gasteiger partial charge in [0.1, 0.15) is 18.8 Å². The van der Waals surface area contributed by atoms with Crippen molar-refractivity contribution < 1.29 is 29.0 Å². The summed E-state index contributed by atoms with van der Waals surface area (Å²) < 4.78 is 9.95. The van der Waals surface area contributed by atoms with E-state index < -0.39 is 30.3 Å². The average Bonchev–Trinajstić information content (AvgIpc) is 2.42. The Hall–Kier alpha value is -2.77. The molecule has 0 aliphatic rings.